The average molecular weight is 404 g/mol. The van der Waals surface area contributed by atoms with E-state index >= 15 is 4.39 Å². The summed E-state index contributed by atoms with van der Waals surface area (Å²) >= 11 is 0. The van der Waals surface area contributed by atoms with Gasteiger partial charge in [-0.15, -0.1) is 6.42 Å². The van der Waals surface area contributed by atoms with E-state index in [0.717, 1.165) is 11.1 Å². The third-order valence-electron chi connectivity index (χ3n) is 5.28. The number of hydrogen-bond acceptors (Lipinski definition) is 4. The van der Waals surface area contributed by atoms with Gasteiger partial charge >= 0.3 is 0 Å². The van der Waals surface area contributed by atoms with Crippen molar-refractivity contribution >= 4 is 16.9 Å². The number of benzene rings is 1. The van der Waals surface area contributed by atoms with E-state index in [1.165, 1.54) is 13.0 Å². The summed E-state index contributed by atoms with van der Waals surface area (Å²) in [6.45, 7) is 9.53. The second-order valence-electron chi connectivity index (χ2n) is 7.37. The molecule has 0 saturated heterocycles. The summed E-state index contributed by atoms with van der Waals surface area (Å²) in [6, 6.07) is 5.12. The predicted molar refractivity (Wildman–Crippen MR) is 120 cm³/mol. The van der Waals surface area contributed by atoms with E-state index < -0.39 is 0 Å². The number of terminal acetylenes is 1. The van der Waals surface area contributed by atoms with E-state index in [1.54, 1.807) is 29.3 Å². The van der Waals surface area contributed by atoms with Crippen LogP contribution in [0.15, 0.2) is 66.3 Å². The molecule has 30 heavy (non-hydrogen) atoms. The summed E-state index contributed by atoms with van der Waals surface area (Å²) in [4.78, 5) is 13.4. The first-order valence-corrected chi connectivity index (χ1v) is 9.87. The smallest absolute Gasteiger partial charge is 0.159 e. The maximum absolute atomic E-state index is 15.2. The van der Waals surface area contributed by atoms with Crippen LogP contribution < -0.4 is 5.43 Å². The number of halogens is 1. The van der Waals surface area contributed by atoms with Crippen molar-refractivity contribution in [2.75, 3.05) is 7.05 Å². The van der Waals surface area contributed by atoms with Crippen molar-refractivity contribution in [3.8, 4) is 12.3 Å². The molecular weight excluding hydrogens is 377 g/mol. The van der Waals surface area contributed by atoms with Crippen LogP contribution in [0.25, 0.3) is 11.1 Å². The molecule has 1 atom stereocenters. The average Bonchev–Trinajstić information content (AvgIpc) is 3.04. The summed E-state index contributed by atoms with van der Waals surface area (Å²) in [5.41, 5.74) is 7.90. The Morgan fingerprint density at radius 1 is 1.40 bits per heavy atom. The highest BCUT2D eigenvalue weighted by Crippen LogP contribution is 2.36. The van der Waals surface area contributed by atoms with Crippen LogP contribution in [-0.2, 0) is 4.79 Å². The van der Waals surface area contributed by atoms with E-state index in [-0.39, 0.29) is 17.6 Å². The largest absolute Gasteiger partial charge is 0.318 e. The third kappa shape index (κ3) is 3.87. The fourth-order valence-corrected chi connectivity index (χ4v) is 3.86. The second kappa shape index (κ2) is 8.56. The highest BCUT2D eigenvalue weighted by atomic mass is 19.1. The van der Waals surface area contributed by atoms with Crippen molar-refractivity contribution in [2.24, 2.45) is 0 Å². The molecule has 0 aromatic heterocycles. The summed E-state index contributed by atoms with van der Waals surface area (Å²) in [5.74, 6) is 2.35. The van der Waals surface area contributed by atoms with Crippen molar-refractivity contribution in [1.29, 1.82) is 0 Å². The highest BCUT2D eigenvalue weighted by molar-refractivity contribution is 5.97. The number of Topliss-reactive ketones (excluding diaryl/α,β-unsaturated/α-hetero) is 1. The van der Waals surface area contributed by atoms with E-state index in [1.807, 2.05) is 38.2 Å². The van der Waals surface area contributed by atoms with Gasteiger partial charge in [-0.05, 0) is 55.2 Å². The maximum atomic E-state index is 15.2. The molecule has 2 heterocycles. The second-order valence-corrected chi connectivity index (χ2v) is 7.37. The fraction of sp³-hybridized carbons (Fsp3) is 0.240. The quantitative estimate of drug-likeness (QED) is 0.728. The van der Waals surface area contributed by atoms with Crippen LogP contribution in [0.3, 0.4) is 0 Å². The number of carbonyl (C=O) groups excluding carboxylic acids is 1. The Labute approximate surface area is 177 Å². The van der Waals surface area contributed by atoms with Gasteiger partial charge in [-0.1, -0.05) is 31.6 Å². The van der Waals surface area contributed by atoms with Gasteiger partial charge in [0, 0.05) is 36.3 Å². The lowest BCUT2D eigenvalue weighted by Crippen LogP contribution is -2.30. The molecule has 0 saturated carbocycles. The molecule has 2 aliphatic heterocycles. The zero-order valence-electron chi connectivity index (χ0n) is 17.8. The van der Waals surface area contributed by atoms with Crippen molar-refractivity contribution in [1.82, 2.24) is 15.3 Å². The molecule has 5 heteroatoms. The lowest BCUT2D eigenvalue weighted by Gasteiger charge is -2.27. The van der Waals surface area contributed by atoms with Gasteiger partial charge in [-0.2, -0.15) is 0 Å². The van der Waals surface area contributed by atoms with Gasteiger partial charge in [-0.25, -0.2) is 9.82 Å². The van der Waals surface area contributed by atoms with Crippen LogP contribution in [0.1, 0.15) is 38.3 Å². The lowest BCUT2D eigenvalue weighted by atomic mass is 9.89. The molecule has 2 aliphatic rings. The normalized spacial score (nSPS) is 19.3. The molecule has 3 rings (SSSR count). The van der Waals surface area contributed by atoms with Gasteiger partial charge in [0.25, 0.3) is 0 Å². The molecule has 0 radical (unpaired) electrons. The van der Waals surface area contributed by atoms with Gasteiger partial charge in [0.15, 0.2) is 5.78 Å². The van der Waals surface area contributed by atoms with Crippen LogP contribution >= 0.6 is 0 Å². The number of nitrogens with one attached hydrogen (secondary N) is 1. The fourth-order valence-electron chi connectivity index (χ4n) is 3.86. The number of ketones is 1. The Bertz CT molecular complexity index is 1070. The van der Waals surface area contributed by atoms with Gasteiger partial charge < -0.3 is 9.91 Å². The number of hydrazine groups is 1. The SMILES string of the molecule is C#C/C(=C(/CC)c1c(F)cccc1C1=CN(C)NC1C)N1C=CC(C(C)=O)=CC1=C. The highest BCUT2D eigenvalue weighted by Gasteiger charge is 2.26. The Morgan fingerprint density at radius 2 is 2.13 bits per heavy atom. The summed E-state index contributed by atoms with van der Waals surface area (Å²) < 4.78 is 15.2. The summed E-state index contributed by atoms with van der Waals surface area (Å²) in [6.07, 6.45) is 13.5. The van der Waals surface area contributed by atoms with E-state index in [9.17, 15) is 4.79 Å². The standard InChI is InChI=1S/C25H26FN3O/c1-7-20(24(8-2)29-13-12-19(18(5)30)14-16(29)3)25-21(10-9-11-23(25)26)22-15-28(6)27-17(22)4/h2,9-15,17,27H,3,7H2,1,4-6H3/b24-20+. The number of carbonyl (C=O) groups is 1. The van der Waals surface area contributed by atoms with Crippen molar-refractivity contribution < 1.29 is 9.18 Å². The Balaban J connectivity index is 2.18. The van der Waals surface area contributed by atoms with Crippen molar-refractivity contribution in [3.05, 3.63) is 83.2 Å². The molecule has 0 amide bonds. The minimum absolute atomic E-state index is 0.0360. The molecule has 4 nitrogen and oxygen atoms in total. The van der Waals surface area contributed by atoms with E-state index in [0.29, 0.717) is 34.5 Å². The number of hydrogen-bond donors (Lipinski definition) is 1. The van der Waals surface area contributed by atoms with Crippen LogP contribution in [0.2, 0.25) is 0 Å². The molecule has 1 aromatic carbocycles. The molecule has 0 aliphatic carbocycles. The Kier molecular flexibility index (Phi) is 6.09. The number of rotatable bonds is 5. The molecule has 0 fully saturated rings. The minimum atomic E-state index is -0.327. The monoisotopic (exact) mass is 403 g/mol. The zero-order chi connectivity index (χ0) is 22.0. The summed E-state index contributed by atoms with van der Waals surface area (Å²) in [5, 5.41) is 1.87. The van der Waals surface area contributed by atoms with Crippen molar-refractivity contribution in [2.45, 2.75) is 33.2 Å². The first-order chi connectivity index (χ1) is 14.3. The van der Waals surface area contributed by atoms with Crippen LogP contribution in [0.4, 0.5) is 4.39 Å². The molecular formula is C25H26FN3O. The Hall–Kier alpha value is -3.36. The maximum Gasteiger partial charge on any atom is 0.159 e. The molecule has 154 valence electrons. The third-order valence-corrected chi connectivity index (χ3v) is 5.28. The first-order valence-electron chi connectivity index (χ1n) is 9.87. The molecule has 1 aromatic rings. The Morgan fingerprint density at radius 3 is 2.67 bits per heavy atom. The number of nitrogens with zero attached hydrogens (tertiary/aromatic N) is 2. The van der Waals surface area contributed by atoms with E-state index in [2.05, 4.69) is 17.9 Å². The van der Waals surface area contributed by atoms with Crippen LogP contribution in [-0.4, -0.2) is 28.8 Å². The zero-order valence-corrected chi connectivity index (χ0v) is 17.8. The lowest BCUT2D eigenvalue weighted by molar-refractivity contribution is -0.113. The first kappa shape index (κ1) is 21.4. The molecule has 0 bridgehead atoms. The minimum Gasteiger partial charge on any atom is -0.318 e. The van der Waals surface area contributed by atoms with Gasteiger partial charge in [0.2, 0.25) is 0 Å². The van der Waals surface area contributed by atoms with Gasteiger partial charge in [0.05, 0.1) is 6.04 Å². The van der Waals surface area contributed by atoms with Gasteiger partial charge in [-0.3, -0.25) is 4.79 Å². The van der Waals surface area contributed by atoms with Gasteiger partial charge in [0.1, 0.15) is 11.5 Å². The van der Waals surface area contributed by atoms with Crippen molar-refractivity contribution in [3.63, 3.8) is 0 Å². The number of allylic oxidation sites excluding steroid dienone is 5. The van der Waals surface area contributed by atoms with Crippen LogP contribution in [0.5, 0.6) is 0 Å². The summed E-state index contributed by atoms with van der Waals surface area (Å²) in [7, 11) is 1.91. The molecule has 1 unspecified atom stereocenters. The van der Waals surface area contributed by atoms with E-state index in [4.69, 9.17) is 6.42 Å². The molecule has 0 spiro atoms. The predicted octanol–water partition coefficient (Wildman–Crippen LogP) is 4.62. The van der Waals surface area contributed by atoms with Crippen LogP contribution in [0, 0.1) is 18.2 Å². The molecule has 1 N–H and O–H groups in total. The topological polar surface area (TPSA) is 35.6 Å².